The molecule has 0 spiro atoms. The van der Waals surface area contributed by atoms with Crippen LogP contribution in [0.15, 0.2) is 45.6 Å². The molecule has 1 amide bonds. The monoisotopic (exact) mass is 367 g/mol. The van der Waals surface area contributed by atoms with Crippen molar-refractivity contribution in [3.63, 3.8) is 0 Å². The Kier molecular flexibility index (Phi) is 5.65. The summed E-state index contributed by atoms with van der Waals surface area (Å²) in [7, 11) is 0. The van der Waals surface area contributed by atoms with E-state index in [9.17, 15) is 9.59 Å². The second kappa shape index (κ2) is 8.31. The molecule has 0 aliphatic heterocycles. The Morgan fingerprint density at radius 2 is 1.93 bits per heavy atom. The van der Waals surface area contributed by atoms with Crippen LogP contribution in [-0.2, 0) is 0 Å². The zero-order chi connectivity index (χ0) is 19.2. The number of benzene rings is 1. The Morgan fingerprint density at radius 3 is 2.74 bits per heavy atom. The number of nitrogens with zero attached hydrogens (tertiary/aromatic N) is 2. The molecule has 0 aliphatic rings. The van der Waals surface area contributed by atoms with Gasteiger partial charge in [0.1, 0.15) is 11.4 Å². The largest absolute Gasteiger partial charge is 0.451 e. The van der Waals surface area contributed by atoms with E-state index in [1.165, 1.54) is 6.07 Å². The van der Waals surface area contributed by atoms with E-state index in [-0.39, 0.29) is 11.2 Å². The van der Waals surface area contributed by atoms with Gasteiger partial charge in [0.15, 0.2) is 11.2 Å². The highest BCUT2D eigenvalue weighted by Crippen LogP contribution is 2.12. The fourth-order valence-electron chi connectivity index (χ4n) is 2.57. The lowest BCUT2D eigenvalue weighted by Gasteiger charge is -2.10. The molecule has 3 aromatic rings. The summed E-state index contributed by atoms with van der Waals surface area (Å²) in [5.74, 6) is 0.782. The Hall–Kier alpha value is -3.42. The summed E-state index contributed by atoms with van der Waals surface area (Å²) < 4.78 is 5.52. The molecule has 8 nitrogen and oxygen atoms in total. The number of aryl methyl sites for hydroxylation is 1. The third-order valence-electron chi connectivity index (χ3n) is 3.76. The number of carbonyl (C=O) groups excluding carboxylic acids is 1. The quantitative estimate of drug-likeness (QED) is 0.549. The minimum atomic E-state index is -0.438. The van der Waals surface area contributed by atoms with E-state index in [0.717, 1.165) is 12.2 Å². The van der Waals surface area contributed by atoms with E-state index >= 15 is 0 Å². The van der Waals surface area contributed by atoms with Crippen LogP contribution in [0.25, 0.3) is 11.0 Å². The molecule has 1 aromatic carbocycles. The molecule has 3 rings (SSSR count). The minimum Gasteiger partial charge on any atom is -0.451 e. The van der Waals surface area contributed by atoms with Gasteiger partial charge in [-0.3, -0.25) is 9.59 Å². The van der Waals surface area contributed by atoms with Crippen molar-refractivity contribution in [2.75, 3.05) is 30.3 Å². The highest BCUT2D eigenvalue weighted by Gasteiger charge is 2.11. The van der Waals surface area contributed by atoms with Gasteiger partial charge in [-0.15, -0.1) is 0 Å². The van der Waals surface area contributed by atoms with Crippen molar-refractivity contribution in [2.45, 2.75) is 13.8 Å². The van der Waals surface area contributed by atoms with Gasteiger partial charge in [0.05, 0.1) is 5.39 Å². The van der Waals surface area contributed by atoms with Crippen molar-refractivity contribution >= 4 is 28.6 Å². The van der Waals surface area contributed by atoms with Crippen LogP contribution in [0.2, 0.25) is 0 Å². The summed E-state index contributed by atoms with van der Waals surface area (Å²) in [6.07, 6.45) is 0. The van der Waals surface area contributed by atoms with Gasteiger partial charge in [0.2, 0.25) is 5.95 Å². The molecule has 0 bridgehead atoms. The van der Waals surface area contributed by atoms with Crippen LogP contribution in [0.4, 0.5) is 11.8 Å². The molecular formula is C19H21N5O3. The second-order valence-electron chi connectivity index (χ2n) is 5.90. The first-order valence-corrected chi connectivity index (χ1v) is 8.71. The van der Waals surface area contributed by atoms with Crippen LogP contribution in [-0.4, -0.2) is 35.5 Å². The van der Waals surface area contributed by atoms with Gasteiger partial charge in [-0.05, 0) is 26.0 Å². The molecule has 0 saturated carbocycles. The number of hydrogen-bond donors (Lipinski definition) is 3. The van der Waals surface area contributed by atoms with Crippen LogP contribution in [0, 0.1) is 6.92 Å². The van der Waals surface area contributed by atoms with Crippen molar-refractivity contribution in [2.24, 2.45) is 0 Å². The fourth-order valence-corrected chi connectivity index (χ4v) is 2.57. The summed E-state index contributed by atoms with van der Waals surface area (Å²) in [5, 5.41) is 9.37. The summed E-state index contributed by atoms with van der Waals surface area (Å²) in [4.78, 5) is 32.9. The van der Waals surface area contributed by atoms with Crippen LogP contribution >= 0.6 is 0 Å². The van der Waals surface area contributed by atoms with Crippen LogP contribution in [0.5, 0.6) is 0 Å². The number of aromatic nitrogens is 2. The van der Waals surface area contributed by atoms with Gasteiger partial charge in [-0.1, -0.05) is 12.1 Å². The predicted octanol–water partition coefficient (Wildman–Crippen LogP) is 2.17. The van der Waals surface area contributed by atoms with Crippen LogP contribution in [0.1, 0.15) is 23.2 Å². The maximum absolute atomic E-state index is 12.2. The lowest BCUT2D eigenvalue weighted by Crippen LogP contribution is -2.29. The van der Waals surface area contributed by atoms with E-state index in [0.29, 0.717) is 35.8 Å². The van der Waals surface area contributed by atoms with E-state index in [2.05, 4.69) is 25.9 Å². The smallest absolute Gasteiger partial charge is 0.287 e. The highest BCUT2D eigenvalue weighted by atomic mass is 16.3. The normalized spacial score (nSPS) is 10.6. The number of fused-ring (bicyclic) bond motifs is 1. The summed E-state index contributed by atoms with van der Waals surface area (Å²) in [6, 6.07) is 9.86. The molecule has 3 N–H and O–H groups in total. The summed E-state index contributed by atoms with van der Waals surface area (Å²) in [5.41, 5.74) is 0.985. The number of para-hydroxylation sites is 1. The SMILES string of the molecule is CCNc1nc(C)cc(NCCNC(=O)c2cc(=O)c3ccccc3o2)n1. The van der Waals surface area contributed by atoms with Crippen LogP contribution < -0.4 is 21.4 Å². The topological polar surface area (TPSA) is 109 Å². The second-order valence-corrected chi connectivity index (χ2v) is 5.90. The summed E-state index contributed by atoms with van der Waals surface area (Å²) >= 11 is 0. The van der Waals surface area contributed by atoms with Gasteiger partial charge in [-0.2, -0.15) is 4.98 Å². The van der Waals surface area contributed by atoms with Crippen molar-refractivity contribution in [1.29, 1.82) is 0 Å². The molecular weight excluding hydrogens is 346 g/mol. The number of nitrogens with one attached hydrogen (secondary N) is 3. The Labute approximate surface area is 156 Å². The highest BCUT2D eigenvalue weighted by molar-refractivity contribution is 5.93. The van der Waals surface area contributed by atoms with E-state index in [1.54, 1.807) is 24.3 Å². The van der Waals surface area contributed by atoms with Crippen molar-refractivity contribution in [3.8, 4) is 0 Å². The van der Waals surface area contributed by atoms with E-state index in [1.807, 2.05) is 19.9 Å². The first-order chi connectivity index (χ1) is 13.1. The maximum atomic E-state index is 12.2. The summed E-state index contributed by atoms with van der Waals surface area (Å²) in [6.45, 7) is 5.40. The van der Waals surface area contributed by atoms with Gasteiger partial charge >= 0.3 is 0 Å². The molecule has 0 unspecified atom stereocenters. The van der Waals surface area contributed by atoms with Gasteiger partial charge in [0, 0.05) is 37.5 Å². The van der Waals surface area contributed by atoms with Gasteiger partial charge in [0.25, 0.3) is 5.91 Å². The van der Waals surface area contributed by atoms with Gasteiger partial charge in [-0.25, -0.2) is 4.98 Å². The van der Waals surface area contributed by atoms with Crippen LogP contribution in [0.3, 0.4) is 0 Å². The molecule has 140 valence electrons. The maximum Gasteiger partial charge on any atom is 0.287 e. The molecule has 0 aliphatic carbocycles. The zero-order valence-electron chi connectivity index (χ0n) is 15.2. The molecule has 0 fully saturated rings. The average molecular weight is 367 g/mol. The molecule has 0 atom stereocenters. The molecule has 2 aromatic heterocycles. The molecule has 2 heterocycles. The van der Waals surface area contributed by atoms with Gasteiger partial charge < -0.3 is 20.4 Å². The molecule has 27 heavy (non-hydrogen) atoms. The zero-order valence-corrected chi connectivity index (χ0v) is 15.2. The predicted molar refractivity (Wildman–Crippen MR) is 104 cm³/mol. The first kappa shape index (κ1) is 18.4. The number of amides is 1. The number of carbonyl (C=O) groups is 1. The first-order valence-electron chi connectivity index (χ1n) is 8.71. The Balaban J connectivity index is 1.58. The Morgan fingerprint density at radius 1 is 1.11 bits per heavy atom. The number of hydrogen-bond acceptors (Lipinski definition) is 7. The average Bonchev–Trinajstić information content (AvgIpc) is 2.65. The lowest BCUT2D eigenvalue weighted by atomic mass is 10.2. The fraction of sp³-hybridized carbons (Fsp3) is 0.263. The standard InChI is InChI=1S/C19H21N5O3/c1-3-20-19-23-12(2)10-17(24-19)21-8-9-22-18(26)16-11-14(25)13-6-4-5-7-15(13)27-16/h4-7,10-11H,3,8-9H2,1-2H3,(H,22,26)(H2,20,21,23,24). The molecule has 0 radical (unpaired) electrons. The Bertz CT molecular complexity index is 1020. The van der Waals surface area contributed by atoms with Crippen molar-refractivity contribution in [3.05, 3.63) is 58.1 Å². The molecule has 0 saturated heterocycles. The lowest BCUT2D eigenvalue weighted by molar-refractivity contribution is 0.0928. The van der Waals surface area contributed by atoms with E-state index in [4.69, 9.17) is 4.42 Å². The van der Waals surface area contributed by atoms with Crippen molar-refractivity contribution in [1.82, 2.24) is 15.3 Å². The number of anilines is 2. The molecule has 8 heteroatoms. The van der Waals surface area contributed by atoms with E-state index < -0.39 is 5.91 Å². The third kappa shape index (κ3) is 4.60. The number of rotatable bonds is 7. The van der Waals surface area contributed by atoms with Crippen molar-refractivity contribution < 1.29 is 9.21 Å². The third-order valence-corrected chi connectivity index (χ3v) is 3.76. The minimum absolute atomic E-state index is 0.00832.